The minimum absolute atomic E-state index is 0.0984. The van der Waals surface area contributed by atoms with Crippen molar-refractivity contribution in [3.05, 3.63) is 53.7 Å². The van der Waals surface area contributed by atoms with Gasteiger partial charge in [-0.05, 0) is 37.6 Å². The second kappa shape index (κ2) is 6.76. The van der Waals surface area contributed by atoms with Gasteiger partial charge >= 0.3 is 6.18 Å². The van der Waals surface area contributed by atoms with Gasteiger partial charge in [0.15, 0.2) is 0 Å². The smallest absolute Gasteiger partial charge is 0.416 e. The topological polar surface area (TPSA) is 46.3 Å². The monoisotopic (exact) mass is 338 g/mol. The number of hydrogen-bond donors (Lipinski definition) is 0. The molecular formula is C17H17F3N2O2. The SMILES string of the molecule is O=C(c1ncco1)C1CCN(Cc2cccc(C(F)(F)F)c2)CC1. The Morgan fingerprint density at radius 2 is 2.04 bits per heavy atom. The third-order valence-electron chi connectivity index (χ3n) is 4.26. The van der Waals surface area contributed by atoms with Gasteiger partial charge in [0.2, 0.25) is 5.78 Å². The van der Waals surface area contributed by atoms with Crippen molar-refractivity contribution >= 4 is 5.78 Å². The van der Waals surface area contributed by atoms with Gasteiger partial charge < -0.3 is 4.42 Å². The van der Waals surface area contributed by atoms with Crippen LogP contribution in [0, 0.1) is 5.92 Å². The molecule has 0 amide bonds. The number of rotatable bonds is 4. The second-order valence-corrected chi connectivity index (χ2v) is 5.95. The first kappa shape index (κ1) is 16.7. The molecule has 0 N–H and O–H groups in total. The molecule has 1 aliphatic rings. The Balaban J connectivity index is 1.57. The highest BCUT2D eigenvalue weighted by molar-refractivity contribution is 5.93. The van der Waals surface area contributed by atoms with Crippen molar-refractivity contribution in [3.8, 4) is 0 Å². The van der Waals surface area contributed by atoms with Gasteiger partial charge in [-0.2, -0.15) is 13.2 Å². The van der Waals surface area contributed by atoms with Crippen molar-refractivity contribution in [2.45, 2.75) is 25.6 Å². The molecule has 7 heteroatoms. The van der Waals surface area contributed by atoms with E-state index in [2.05, 4.69) is 9.88 Å². The summed E-state index contributed by atoms with van der Waals surface area (Å²) in [4.78, 5) is 18.1. The molecule has 1 aromatic carbocycles. The van der Waals surface area contributed by atoms with Crippen molar-refractivity contribution in [2.75, 3.05) is 13.1 Å². The van der Waals surface area contributed by atoms with Crippen LogP contribution in [0.25, 0.3) is 0 Å². The predicted molar refractivity (Wildman–Crippen MR) is 80.3 cm³/mol. The number of likely N-dealkylation sites (tertiary alicyclic amines) is 1. The first-order chi connectivity index (χ1) is 11.4. The Bertz CT molecular complexity index is 690. The standard InChI is InChI=1S/C17H17F3N2O2/c18-17(19,20)14-3-1-2-12(10-14)11-22-7-4-13(5-8-22)15(23)16-21-6-9-24-16/h1-3,6,9-10,13H,4-5,7-8,11H2. The number of benzene rings is 1. The molecule has 0 bridgehead atoms. The summed E-state index contributed by atoms with van der Waals surface area (Å²) in [6, 6.07) is 5.38. The van der Waals surface area contributed by atoms with Gasteiger partial charge in [-0.15, -0.1) is 0 Å². The lowest BCUT2D eigenvalue weighted by molar-refractivity contribution is -0.137. The van der Waals surface area contributed by atoms with Crippen molar-refractivity contribution in [2.24, 2.45) is 5.92 Å². The molecule has 2 heterocycles. The summed E-state index contributed by atoms with van der Waals surface area (Å²) in [5.41, 5.74) is -0.00346. The molecule has 1 saturated heterocycles. The summed E-state index contributed by atoms with van der Waals surface area (Å²) >= 11 is 0. The van der Waals surface area contributed by atoms with Crippen molar-refractivity contribution < 1.29 is 22.4 Å². The van der Waals surface area contributed by atoms with Gasteiger partial charge in [0.05, 0.1) is 11.8 Å². The molecule has 1 fully saturated rings. The second-order valence-electron chi connectivity index (χ2n) is 5.95. The van der Waals surface area contributed by atoms with E-state index in [1.165, 1.54) is 24.6 Å². The Hall–Kier alpha value is -2.15. The molecule has 1 aromatic heterocycles. The number of ketones is 1. The number of carbonyl (C=O) groups excluding carboxylic acids is 1. The van der Waals surface area contributed by atoms with E-state index >= 15 is 0 Å². The highest BCUT2D eigenvalue weighted by Gasteiger charge is 2.31. The molecule has 128 valence electrons. The summed E-state index contributed by atoms with van der Waals surface area (Å²) in [5.74, 6) is -0.105. The van der Waals surface area contributed by atoms with Crippen LogP contribution in [0.15, 0.2) is 41.1 Å². The third kappa shape index (κ3) is 3.84. The van der Waals surface area contributed by atoms with E-state index in [-0.39, 0.29) is 17.6 Å². The fraction of sp³-hybridized carbons (Fsp3) is 0.412. The number of aromatic nitrogens is 1. The van der Waals surface area contributed by atoms with E-state index in [0.29, 0.717) is 38.0 Å². The molecule has 4 nitrogen and oxygen atoms in total. The minimum Gasteiger partial charge on any atom is -0.442 e. The number of nitrogens with zero attached hydrogens (tertiary/aromatic N) is 2. The maximum atomic E-state index is 12.8. The zero-order chi connectivity index (χ0) is 17.2. The summed E-state index contributed by atoms with van der Waals surface area (Å²) in [5, 5.41) is 0. The highest BCUT2D eigenvalue weighted by atomic mass is 19.4. The maximum Gasteiger partial charge on any atom is 0.416 e. The highest BCUT2D eigenvalue weighted by Crippen LogP contribution is 2.30. The number of oxazole rings is 1. The molecule has 24 heavy (non-hydrogen) atoms. The molecule has 0 aliphatic carbocycles. The van der Waals surface area contributed by atoms with Crippen LogP contribution >= 0.6 is 0 Å². The quantitative estimate of drug-likeness (QED) is 0.796. The van der Waals surface area contributed by atoms with E-state index in [0.717, 1.165) is 6.07 Å². The lowest BCUT2D eigenvalue weighted by Gasteiger charge is -2.30. The fourth-order valence-electron chi connectivity index (χ4n) is 2.98. The average Bonchev–Trinajstić information content (AvgIpc) is 3.09. The molecular weight excluding hydrogens is 321 g/mol. The lowest BCUT2D eigenvalue weighted by Crippen LogP contribution is -2.36. The molecule has 2 aromatic rings. The number of carbonyl (C=O) groups is 1. The zero-order valence-corrected chi connectivity index (χ0v) is 12.9. The largest absolute Gasteiger partial charge is 0.442 e. The maximum absolute atomic E-state index is 12.8. The summed E-state index contributed by atoms with van der Waals surface area (Å²) in [6.45, 7) is 1.77. The van der Waals surface area contributed by atoms with Gasteiger partial charge in [0, 0.05) is 12.5 Å². The van der Waals surface area contributed by atoms with Crippen LogP contribution in [0.4, 0.5) is 13.2 Å². The van der Waals surface area contributed by atoms with Gasteiger partial charge in [-0.3, -0.25) is 9.69 Å². The van der Waals surface area contributed by atoms with Crippen LogP contribution in [0.5, 0.6) is 0 Å². The number of halogens is 3. The Labute approximate surface area is 137 Å². The number of alkyl halides is 3. The molecule has 0 unspecified atom stereocenters. The zero-order valence-electron chi connectivity index (χ0n) is 12.9. The van der Waals surface area contributed by atoms with Crippen molar-refractivity contribution in [3.63, 3.8) is 0 Å². The van der Waals surface area contributed by atoms with Crippen LogP contribution in [0.1, 0.15) is 34.7 Å². The first-order valence-corrected chi connectivity index (χ1v) is 7.75. The van der Waals surface area contributed by atoms with Gasteiger partial charge in [-0.25, -0.2) is 4.98 Å². The molecule has 0 spiro atoms. The fourth-order valence-corrected chi connectivity index (χ4v) is 2.98. The van der Waals surface area contributed by atoms with E-state index < -0.39 is 11.7 Å². The molecule has 0 radical (unpaired) electrons. The van der Waals surface area contributed by atoms with Crippen LogP contribution in [-0.4, -0.2) is 28.8 Å². The van der Waals surface area contributed by atoms with Crippen LogP contribution in [-0.2, 0) is 12.7 Å². The van der Waals surface area contributed by atoms with Gasteiger partial charge in [-0.1, -0.05) is 18.2 Å². The summed E-state index contributed by atoms with van der Waals surface area (Å²) in [6.07, 6.45) is -0.210. The number of Topliss-reactive ketones (excluding diaryl/α,β-unsaturated/α-hetero) is 1. The van der Waals surface area contributed by atoms with E-state index in [9.17, 15) is 18.0 Å². The van der Waals surface area contributed by atoms with Crippen molar-refractivity contribution in [1.82, 2.24) is 9.88 Å². The third-order valence-corrected chi connectivity index (χ3v) is 4.26. The molecule has 0 atom stereocenters. The summed E-state index contributed by atoms with van der Waals surface area (Å²) in [7, 11) is 0. The van der Waals surface area contributed by atoms with Crippen LogP contribution in [0.2, 0.25) is 0 Å². The van der Waals surface area contributed by atoms with E-state index in [1.807, 2.05) is 0 Å². The van der Waals surface area contributed by atoms with Crippen LogP contribution in [0.3, 0.4) is 0 Å². The van der Waals surface area contributed by atoms with Gasteiger partial charge in [0.25, 0.3) is 5.89 Å². The Kier molecular flexibility index (Phi) is 4.71. The summed E-state index contributed by atoms with van der Waals surface area (Å²) < 4.78 is 43.3. The molecule has 0 saturated carbocycles. The Morgan fingerprint density at radius 1 is 1.29 bits per heavy atom. The average molecular weight is 338 g/mol. The number of piperidine rings is 1. The molecule has 3 rings (SSSR count). The van der Waals surface area contributed by atoms with E-state index in [1.54, 1.807) is 6.07 Å². The first-order valence-electron chi connectivity index (χ1n) is 7.75. The van der Waals surface area contributed by atoms with Gasteiger partial charge in [0.1, 0.15) is 6.26 Å². The number of hydrogen-bond acceptors (Lipinski definition) is 4. The normalized spacial score (nSPS) is 17.1. The van der Waals surface area contributed by atoms with E-state index in [4.69, 9.17) is 4.42 Å². The predicted octanol–water partition coefficient (Wildman–Crippen LogP) is 3.79. The van der Waals surface area contributed by atoms with Crippen LogP contribution < -0.4 is 0 Å². The minimum atomic E-state index is -4.33. The Morgan fingerprint density at radius 3 is 2.67 bits per heavy atom. The molecule has 1 aliphatic heterocycles. The van der Waals surface area contributed by atoms with Crippen molar-refractivity contribution in [1.29, 1.82) is 0 Å². The lowest BCUT2D eigenvalue weighted by atomic mass is 9.92.